The molecule has 132 valence electrons. The first-order chi connectivity index (χ1) is 11.3. The van der Waals surface area contributed by atoms with E-state index in [-0.39, 0.29) is 17.7 Å². The maximum atomic E-state index is 11.7. The SMILES string of the molecule is CC(C)(Nc1nc(N[C@@H]2CCC[C@@H](O)C2)ncc1C(N)=O)C1CC1. The molecule has 24 heavy (non-hydrogen) atoms. The molecule has 2 saturated carbocycles. The van der Waals surface area contributed by atoms with Crippen molar-refractivity contribution in [2.75, 3.05) is 10.6 Å². The van der Waals surface area contributed by atoms with Gasteiger partial charge in [0.25, 0.3) is 5.91 Å². The van der Waals surface area contributed by atoms with E-state index in [4.69, 9.17) is 5.73 Å². The van der Waals surface area contributed by atoms with Crippen LogP contribution in [0.3, 0.4) is 0 Å². The second kappa shape index (κ2) is 6.55. The third kappa shape index (κ3) is 3.95. The van der Waals surface area contributed by atoms with E-state index in [9.17, 15) is 9.90 Å². The molecule has 7 heteroatoms. The van der Waals surface area contributed by atoms with Crippen molar-refractivity contribution in [1.29, 1.82) is 0 Å². The van der Waals surface area contributed by atoms with Gasteiger partial charge in [0.05, 0.1) is 11.7 Å². The minimum atomic E-state index is -0.538. The lowest BCUT2D eigenvalue weighted by Gasteiger charge is -2.29. The molecule has 0 saturated heterocycles. The zero-order chi connectivity index (χ0) is 17.3. The van der Waals surface area contributed by atoms with E-state index >= 15 is 0 Å². The fraction of sp³-hybridized carbons (Fsp3) is 0.706. The molecule has 0 aliphatic heterocycles. The van der Waals surface area contributed by atoms with E-state index in [2.05, 4.69) is 34.4 Å². The van der Waals surface area contributed by atoms with Crippen molar-refractivity contribution < 1.29 is 9.90 Å². The summed E-state index contributed by atoms with van der Waals surface area (Å²) >= 11 is 0. The first kappa shape index (κ1) is 17.0. The van der Waals surface area contributed by atoms with Gasteiger partial charge in [0.15, 0.2) is 0 Å². The smallest absolute Gasteiger partial charge is 0.254 e. The third-order valence-corrected chi connectivity index (χ3v) is 5.07. The van der Waals surface area contributed by atoms with Crippen molar-refractivity contribution in [2.24, 2.45) is 11.7 Å². The number of rotatable bonds is 6. The average Bonchev–Trinajstić information content (AvgIpc) is 3.31. The summed E-state index contributed by atoms with van der Waals surface area (Å²) in [5.41, 5.74) is 5.63. The Balaban J connectivity index is 1.78. The van der Waals surface area contributed by atoms with Crippen LogP contribution in [0.15, 0.2) is 6.20 Å². The highest BCUT2D eigenvalue weighted by Gasteiger charge is 2.38. The average molecular weight is 333 g/mol. The number of carbonyl (C=O) groups is 1. The highest BCUT2D eigenvalue weighted by molar-refractivity contribution is 5.97. The Kier molecular flexibility index (Phi) is 4.62. The predicted octanol–water partition coefficient (Wildman–Crippen LogP) is 1.89. The monoisotopic (exact) mass is 333 g/mol. The number of hydrogen-bond donors (Lipinski definition) is 4. The number of aliphatic hydroxyl groups is 1. The topological polar surface area (TPSA) is 113 Å². The van der Waals surface area contributed by atoms with Gasteiger partial charge >= 0.3 is 0 Å². The molecule has 1 amide bonds. The molecule has 5 N–H and O–H groups in total. The quantitative estimate of drug-likeness (QED) is 0.632. The van der Waals surface area contributed by atoms with Crippen molar-refractivity contribution in [3.63, 3.8) is 0 Å². The molecule has 7 nitrogen and oxygen atoms in total. The lowest BCUT2D eigenvalue weighted by molar-refractivity contribution is 0.100. The van der Waals surface area contributed by atoms with Crippen molar-refractivity contribution >= 4 is 17.7 Å². The maximum absolute atomic E-state index is 11.7. The van der Waals surface area contributed by atoms with Crippen molar-refractivity contribution in [3.05, 3.63) is 11.8 Å². The van der Waals surface area contributed by atoms with Gasteiger partial charge in [-0.1, -0.05) is 0 Å². The van der Waals surface area contributed by atoms with Gasteiger partial charge in [-0.3, -0.25) is 4.79 Å². The second-order valence-corrected chi connectivity index (χ2v) is 7.60. The summed E-state index contributed by atoms with van der Waals surface area (Å²) in [6.07, 6.45) is 7.07. The van der Waals surface area contributed by atoms with Crippen LogP contribution in [-0.4, -0.2) is 38.7 Å². The number of anilines is 2. The summed E-state index contributed by atoms with van der Waals surface area (Å²) in [5, 5.41) is 16.4. The Morgan fingerprint density at radius 1 is 1.33 bits per heavy atom. The molecule has 1 aromatic heterocycles. The van der Waals surface area contributed by atoms with Gasteiger partial charge in [-0.15, -0.1) is 0 Å². The molecule has 0 spiro atoms. The summed E-state index contributed by atoms with van der Waals surface area (Å²) < 4.78 is 0. The van der Waals surface area contributed by atoms with Crippen molar-refractivity contribution in [2.45, 2.75) is 70.1 Å². The van der Waals surface area contributed by atoms with Gasteiger partial charge in [-0.05, 0) is 58.3 Å². The van der Waals surface area contributed by atoms with E-state index < -0.39 is 5.91 Å². The molecular formula is C17H27N5O2. The molecule has 3 rings (SSSR count). The molecule has 0 unspecified atom stereocenters. The van der Waals surface area contributed by atoms with Gasteiger partial charge in [0, 0.05) is 17.8 Å². The number of nitrogens with one attached hydrogen (secondary N) is 2. The summed E-state index contributed by atoms with van der Waals surface area (Å²) in [5.74, 6) is 0.989. The standard InChI is InChI=1S/C17H27N5O2/c1-17(2,10-6-7-10)22-15-13(14(18)24)9-19-16(21-15)20-11-4-3-5-12(23)8-11/h9-12,23H,3-8H2,1-2H3,(H2,18,24)(H2,19,20,21,22)/t11-,12-/m1/s1. The number of primary amides is 1. The molecule has 2 atom stereocenters. The minimum Gasteiger partial charge on any atom is -0.393 e. The van der Waals surface area contributed by atoms with Crippen molar-refractivity contribution in [1.82, 2.24) is 9.97 Å². The normalized spacial score (nSPS) is 24.5. The number of carbonyl (C=O) groups excluding carboxylic acids is 1. The zero-order valence-corrected chi connectivity index (χ0v) is 14.4. The number of nitrogens with zero attached hydrogens (tertiary/aromatic N) is 2. The summed E-state index contributed by atoms with van der Waals surface area (Å²) in [4.78, 5) is 20.4. The molecule has 0 radical (unpaired) electrons. The van der Waals surface area contributed by atoms with Crippen LogP contribution in [0.5, 0.6) is 0 Å². The highest BCUT2D eigenvalue weighted by atomic mass is 16.3. The Morgan fingerprint density at radius 2 is 2.08 bits per heavy atom. The summed E-state index contributed by atoms with van der Waals surface area (Å²) in [6, 6.07) is 0.150. The van der Waals surface area contributed by atoms with Gasteiger partial charge in [-0.2, -0.15) is 4.98 Å². The first-order valence-electron chi connectivity index (χ1n) is 8.75. The molecule has 0 bridgehead atoms. The molecular weight excluding hydrogens is 306 g/mol. The van der Waals surface area contributed by atoms with Crippen LogP contribution < -0.4 is 16.4 Å². The van der Waals surface area contributed by atoms with Crippen LogP contribution in [-0.2, 0) is 0 Å². The molecule has 1 aromatic rings. The maximum Gasteiger partial charge on any atom is 0.254 e. The van der Waals surface area contributed by atoms with Crippen LogP contribution >= 0.6 is 0 Å². The van der Waals surface area contributed by atoms with E-state index in [0.717, 1.165) is 19.3 Å². The summed E-state index contributed by atoms with van der Waals surface area (Å²) in [6.45, 7) is 4.23. The molecule has 2 fully saturated rings. The number of aromatic nitrogens is 2. The summed E-state index contributed by atoms with van der Waals surface area (Å²) in [7, 11) is 0. The van der Waals surface area contributed by atoms with E-state index in [1.165, 1.54) is 19.0 Å². The molecule has 2 aliphatic carbocycles. The zero-order valence-electron chi connectivity index (χ0n) is 14.4. The Labute approximate surface area is 142 Å². The van der Waals surface area contributed by atoms with Crippen LogP contribution in [0.4, 0.5) is 11.8 Å². The number of amides is 1. The third-order valence-electron chi connectivity index (χ3n) is 5.07. The van der Waals surface area contributed by atoms with Crippen LogP contribution in [0.1, 0.15) is 62.7 Å². The van der Waals surface area contributed by atoms with E-state index in [1.807, 2.05) is 0 Å². The Hall–Kier alpha value is -1.89. The number of hydrogen-bond acceptors (Lipinski definition) is 6. The van der Waals surface area contributed by atoms with Gasteiger partial charge in [0.2, 0.25) is 5.95 Å². The Morgan fingerprint density at radius 3 is 2.71 bits per heavy atom. The number of nitrogens with two attached hydrogens (primary N) is 1. The van der Waals surface area contributed by atoms with Crippen LogP contribution in [0.2, 0.25) is 0 Å². The van der Waals surface area contributed by atoms with Crippen LogP contribution in [0.25, 0.3) is 0 Å². The largest absolute Gasteiger partial charge is 0.393 e. The van der Waals surface area contributed by atoms with Gasteiger partial charge in [0.1, 0.15) is 5.82 Å². The minimum absolute atomic E-state index is 0.142. The molecule has 2 aliphatic rings. The van der Waals surface area contributed by atoms with Gasteiger partial charge in [-0.25, -0.2) is 4.98 Å². The second-order valence-electron chi connectivity index (χ2n) is 7.60. The lowest BCUT2D eigenvalue weighted by atomic mass is 9.93. The van der Waals surface area contributed by atoms with E-state index in [0.29, 0.717) is 29.7 Å². The van der Waals surface area contributed by atoms with Crippen molar-refractivity contribution in [3.8, 4) is 0 Å². The van der Waals surface area contributed by atoms with Crippen LogP contribution in [0, 0.1) is 5.92 Å². The number of aliphatic hydroxyl groups excluding tert-OH is 1. The Bertz CT molecular complexity index is 615. The highest BCUT2D eigenvalue weighted by Crippen LogP contribution is 2.41. The molecule has 1 heterocycles. The fourth-order valence-electron chi connectivity index (χ4n) is 3.42. The van der Waals surface area contributed by atoms with Gasteiger partial charge < -0.3 is 21.5 Å². The predicted molar refractivity (Wildman–Crippen MR) is 92.9 cm³/mol. The lowest BCUT2D eigenvalue weighted by Crippen LogP contribution is -2.35. The fourth-order valence-corrected chi connectivity index (χ4v) is 3.42. The van der Waals surface area contributed by atoms with E-state index in [1.54, 1.807) is 0 Å². The first-order valence-corrected chi connectivity index (χ1v) is 8.75. The molecule has 0 aromatic carbocycles.